The Morgan fingerprint density at radius 3 is 2.28 bits per heavy atom. The molecule has 5 atom stereocenters. The van der Waals surface area contributed by atoms with Crippen molar-refractivity contribution in [3.8, 4) is 5.75 Å². The van der Waals surface area contributed by atoms with Gasteiger partial charge in [-0.05, 0) is 81.2 Å². The lowest BCUT2D eigenvalue weighted by Gasteiger charge is -2.40. The molecule has 0 spiro atoms. The van der Waals surface area contributed by atoms with E-state index in [0.29, 0.717) is 12.2 Å². The minimum absolute atomic E-state index is 0.0343. The highest BCUT2D eigenvalue weighted by Crippen LogP contribution is 2.38. The number of hydrogen-bond donors (Lipinski definition) is 0. The number of ether oxygens (including phenoxy) is 5. The average molecular weight is 725 g/mol. The highest BCUT2D eigenvalue weighted by molar-refractivity contribution is 14.1. The molecule has 1 aliphatic heterocycles. The quantitative estimate of drug-likeness (QED) is 0.0641. The molecule has 0 saturated carbocycles. The first-order valence-electron chi connectivity index (χ1n) is 14.9. The van der Waals surface area contributed by atoms with E-state index in [-0.39, 0.29) is 17.2 Å². The second-order valence-electron chi connectivity index (χ2n) is 12.9. The van der Waals surface area contributed by atoms with Gasteiger partial charge in [0, 0.05) is 4.43 Å². The normalized spacial score (nSPS) is 21.0. The predicted octanol–water partition coefficient (Wildman–Crippen LogP) is 8.12. The Hall–Kier alpha value is -1.76. The van der Waals surface area contributed by atoms with Gasteiger partial charge in [-0.2, -0.15) is 0 Å². The first-order valence-corrected chi connectivity index (χ1v) is 19.4. The summed E-state index contributed by atoms with van der Waals surface area (Å²) in [6, 6.07) is 16.8. The van der Waals surface area contributed by atoms with Crippen LogP contribution in [0.15, 0.2) is 66.7 Å². The highest BCUT2D eigenvalue weighted by Gasteiger charge is 2.46. The molecule has 0 aliphatic carbocycles. The summed E-state index contributed by atoms with van der Waals surface area (Å²) in [5.41, 5.74) is 1.49. The van der Waals surface area contributed by atoms with Crippen molar-refractivity contribution in [2.24, 2.45) is 0 Å². The van der Waals surface area contributed by atoms with Crippen molar-refractivity contribution in [3.63, 3.8) is 0 Å². The van der Waals surface area contributed by atoms with Crippen LogP contribution in [0.4, 0.5) is 0 Å². The summed E-state index contributed by atoms with van der Waals surface area (Å²) in [5.74, 6) is -0.422. The van der Waals surface area contributed by atoms with E-state index in [1.807, 2.05) is 75.4 Å². The van der Waals surface area contributed by atoms with E-state index in [1.54, 1.807) is 19.2 Å². The Balaban J connectivity index is 1.93. The Kier molecular flexibility index (Phi) is 12.9. The van der Waals surface area contributed by atoms with Gasteiger partial charge in [0.2, 0.25) is 0 Å². The third-order valence-electron chi connectivity index (χ3n) is 8.03. The highest BCUT2D eigenvalue weighted by atomic mass is 127. The van der Waals surface area contributed by atoms with E-state index < -0.39 is 38.4 Å². The third kappa shape index (κ3) is 10.4. The molecule has 9 heteroatoms. The fraction of sp³-hybridized carbons (Fsp3) is 0.559. The van der Waals surface area contributed by atoms with Crippen LogP contribution in [0.25, 0.3) is 0 Å². The molecule has 238 valence electrons. The molecule has 2 aromatic carbocycles. The minimum Gasteiger partial charge on any atom is -0.497 e. The van der Waals surface area contributed by atoms with Crippen molar-refractivity contribution in [1.29, 1.82) is 0 Å². The maximum absolute atomic E-state index is 13.3. The number of hydrogen-bond acceptors (Lipinski definition) is 7. The Bertz CT molecular complexity index is 1180. The van der Waals surface area contributed by atoms with Crippen molar-refractivity contribution in [2.45, 2.75) is 109 Å². The molecular formula is C34H49IO7Si. The smallest absolute Gasteiger partial charge is 0.338 e. The summed E-state index contributed by atoms with van der Waals surface area (Å²) in [6.07, 6.45) is 2.55. The van der Waals surface area contributed by atoms with Gasteiger partial charge < -0.3 is 28.1 Å². The molecule has 0 bridgehead atoms. The molecule has 7 nitrogen and oxygen atoms in total. The molecule has 0 amide bonds. The number of alkyl halides is 1. The van der Waals surface area contributed by atoms with E-state index in [9.17, 15) is 4.79 Å². The molecule has 1 saturated heterocycles. The Morgan fingerprint density at radius 2 is 1.70 bits per heavy atom. The molecule has 1 unspecified atom stereocenters. The number of halogens is 1. The topological polar surface area (TPSA) is 72.5 Å². The van der Waals surface area contributed by atoms with Gasteiger partial charge in [0.25, 0.3) is 0 Å². The van der Waals surface area contributed by atoms with Crippen molar-refractivity contribution in [2.75, 3.05) is 11.5 Å². The third-order valence-corrected chi connectivity index (χ3v) is 13.2. The fourth-order valence-corrected chi connectivity index (χ4v) is 6.67. The summed E-state index contributed by atoms with van der Waals surface area (Å²) in [4.78, 5) is 13.3. The zero-order chi connectivity index (χ0) is 31.8. The molecule has 1 fully saturated rings. The van der Waals surface area contributed by atoms with Gasteiger partial charge in [0.1, 0.15) is 24.1 Å². The lowest BCUT2D eigenvalue weighted by molar-refractivity contribution is -0.153. The summed E-state index contributed by atoms with van der Waals surface area (Å²) in [6.45, 7) is 17.3. The largest absolute Gasteiger partial charge is 0.497 e. The van der Waals surface area contributed by atoms with Crippen LogP contribution in [0, 0.1) is 0 Å². The van der Waals surface area contributed by atoms with Crippen molar-refractivity contribution in [1.82, 2.24) is 0 Å². The van der Waals surface area contributed by atoms with E-state index in [4.69, 9.17) is 28.1 Å². The molecule has 0 aromatic heterocycles. The second kappa shape index (κ2) is 15.5. The van der Waals surface area contributed by atoms with Crippen LogP contribution in [0.3, 0.4) is 0 Å². The Labute approximate surface area is 272 Å². The maximum Gasteiger partial charge on any atom is 0.338 e. The standard InChI is InChI=1S/C34H49IO7Si/c1-24(42-43(8,9)33(2,3)4)28(38-23-25-15-17-27(37-7)18-16-25)19-20-29(39-32(36)26-13-11-10-12-14-26)31-30(21-22-35)40-34(5,6)41-31/h10-20,24,28-31H,21-23H2,1-9H3/t24-,28+,29?,30-,31+/m0/s1. The van der Waals surface area contributed by atoms with Gasteiger partial charge in [-0.3, -0.25) is 0 Å². The molecule has 1 heterocycles. The van der Waals surface area contributed by atoms with Gasteiger partial charge in [-0.25, -0.2) is 4.79 Å². The first kappa shape index (κ1) is 35.7. The van der Waals surface area contributed by atoms with E-state index in [1.165, 1.54) is 0 Å². The number of benzene rings is 2. The molecule has 1 aliphatic rings. The second-order valence-corrected chi connectivity index (χ2v) is 18.8. The molecular weight excluding hydrogens is 675 g/mol. The summed E-state index contributed by atoms with van der Waals surface area (Å²) in [7, 11) is -0.455. The first-order chi connectivity index (χ1) is 20.2. The van der Waals surface area contributed by atoms with Gasteiger partial charge in [0.15, 0.2) is 14.1 Å². The zero-order valence-corrected chi connectivity index (χ0v) is 30.3. The van der Waals surface area contributed by atoms with Crippen molar-refractivity contribution >= 4 is 36.9 Å². The van der Waals surface area contributed by atoms with E-state index >= 15 is 0 Å². The number of carbonyl (C=O) groups excluding carboxylic acids is 1. The average Bonchev–Trinajstić information content (AvgIpc) is 3.25. The maximum atomic E-state index is 13.3. The van der Waals surface area contributed by atoms with E-state index in [0.717, 1.165) is 22.2 Å². The fourth-order valence-electron chi connectivity index (χ4n) is 4.64. The van der Waals surface area contributed by atoms with Gasteiger partial charge in [-0.1, -0.05) is 79.8 Å². The van der Waals surface area contributed by atoms with Crippen LogP contribution in [-0.4, -0.2) is 62.1 Å². The minimum atomic E-state index is -2.11. The molecule has 0 N–H and O–H groups in total. The van der Waals surface area contributed by atoms with Crippen molar-refractivity contribution in [3.05, 3.63) is 77.9 Å². The van der Waals surface area contributed by atoms with E-state index in [2.05, 4.69) is 56.5 Å². The SMILES string of the molecule is COc1ccc(CO[C@H](C=CC(OC(=O)c2ccccc2)[C@H]2OC(C)(C)O[C@H]2CCI)[C@H](C)O[Si](C)(C)C(C)(C)C)cc1. The lowest BCUT2D eigenvalue weighted by atomic mass is 10.0. The van der Waals surface area contributed by atoms with Gasteiger partial charge in [-0.15, -0.1) is 0 Å². The number of esters is 1. The van der Waals surface area contributed by atoms with Crippen LogP contribution in [0.5, 0.6) is 5.75 Å². The van der Waals surface area contributed by atoms with Gasteiger partial charge in [0.05, 0.1) is 31.5 Å². The number of methoxy groups -OCH3 is 1. The summed E-state index contributed by atoms with van der Waals surface area (Å²) in [5, 5.41) is 0.0343. The summed E-state index contributed by atoms with van der Waals surface area (Å²) >= 11 is 2.34. The van der Waals surface area contributed by atoms with Crippen molar-refractivity contribution < 1.29 is 32.9 Å². The monoisotopic (exact) mass is 724 g/mol. The van der Waals surface area contributed by atoms with Crippen LogP contribution >= 0.6 is 22.6 Å². The lowest BCUT2D eigenvalue weighted by Crippen LogP contribution is -2.46. The number of rotatable bonds is 14. The zero-order valence-electron chi connectivity index (χ0n) is 27.1. The predicted molar refractivity (Wildman–Crippen MR) is 181 cm³/mol. The van der Waals surface area contributed by atoms with Crippen LogP contribution in [-0.2, 0) is 30.0 Å². The van der Waals surface area contributed by atoms with Crippen LogP contribution in [0.1, 0.15) is 63.9 Å². The molecule has 2 aromatic rings. The molecule has 43 heavy (non-hydrogen) atoms. The molecule has 0 radical (unpaired) electrons. The molecule has 3 rings (SSSR count). The summed E-state index contributed by atoms with van der Waals surface area (Å²) < 4.78 is 38.2. The Morgan fingerprint density at radius 1 is 1.05 bits per heavy atom. The van der Waals surface area contributed by atoms with Crippen LogP contribution < -0.4 is 4.74 Å². The number of carbonyl (C=O) groups is 1. The van der Waals surface area contributed by atoms with Gasteiger partial charge >= 0.3 is 5.97 Å². The van der Waals surface area contributed by atoms with Crippen LogP contribution in [0.2, 0.25) is 18.1 Å².